The average molecular weight is 254 g/mol. The molecule has 1 heterocycles. The predicted octanol–water partition coefficient (Wildman–Crippen LogP) is 2.65. The number of hydrogen-bond donors (Lipinski definition) is 0. The van der Waals surface area contributed by atoms with Gasteiger partial charge in [0.15, 0.2) is 0 Å². The zero-order valence-corrected chi connectivity index (χ0v) is 11.2. The van der Waals surface area contributed by atoms with E-state index in [0.717, 1.165) is 25.0 Å². The van der Waals surface area contributed by atoms with E-state index in [4.69, 9.17) is 0 Å². The zero-order chi connectivity index (χ0) is 13.2. The monoisotopic (exact) mass is 254 g/mol. The molecule has 0 spiro atoms. The number of fused-ring (bicyclic) bond motifs is 1. The molecule has 1 aliphatic rings. The van der Waals surface area contributed by atoms with E-state index in [1.807, 2.05) is 23.9 Å². The van der Waals surface area contributed by atoms with E-state index in [-0.39, 0.29) is 5.92 Å². The Balaban J connectivity index is 1.68. The van der Waals surface area contributed by atoms with Crippen LogP contribution < -0.4 is 0 Å². The quantitative estimate of drug-likeness (QED) is 0.840. The smallest absolute Gasteiger partial charge is 0.140 e. The minimum Gasteiger partial charge on any atom is -0.299 e. The summed E-state index contributed by atoms with van der Waals surface area (Å²) in [6.07, 6.45) is 5.19. The first-order valence-corrected chi connectivity index (χ1v) is 6.83. The maximum absolute atomic E-state index is 12.4. The van der Waals surface area contributed by atoms with Crippen LogP contribution in [0, 0.1) is 0 Å². The summed E-state index contributed by atoms with van der Waals surface area (Å²) in [6.45, 7) is 0. The summed E-state index contributed by atoms with van der Waals surface area (Å²) < 4.78 is 1.84. The van der Waals surface area contributed by atoms with Crippen LogP contribution in [0.25, 0.3) is 0 Å². The lowest BCUT2D eigenvalue weighted by Gasteiger charge is -2.10. The molecule has 1 aromatic carbocycles. The lowest BCUT2D eigenvalue weighted by atomic mass is 9.93. The van der Waals surface area contributed by atoms with Crippen molar-refractivity contribution in [3.63, 3.8) is 0 Å². The van der Waals surface area contributed by atoms with E-state index < -0.39 is 0 Å². The normalized spacial score (nSPS) is 17.4. The Bertz CT molecular complexity index is 600. The predicted molar refractivity (Wildman–Crippen MR) is 74.0 cm³/mol. The van der Waals surface area contributed by atoms with Gasteiger partial charge in [0.2, 0.25) is 0 Å². The number of hydrogen-bond acceptors (Lipinski definition) is 2. The fourth-order valence-electron chi connectivity index (χ4n) is 2.96. The summed E-state index contributed by atoms with van der Waals surface area (Å²) >= 11 is 0. The Morgan fingerprint density at radius 3 is 3.00 bits per heavy atom. The molecule has 2 aromatic rings. The molecule has 3 heteroatoms. The van der Waals surface area contributed by atoms with Crippen LogP contribution in [-0.2, 0) is 24.7 Å². The molecule has 0 saturated heterocycles. The van der Waals surface area contributed by atoms with Gasteiger partial charge in [-0.2, -0.15) is 5.10 Å². The van der Waals surface area contributed by atoms with Crippen LogP contribution in [0.1, 0.15) is 35.6 Å². The fourth-order valence-corrected chi connectivity index (χ4v) is 2.96. The molecule has 0 N–H and O–H groups in total. The van der Waals surface area contributed by atoms with Crippen molar-refractivity contribution < 1.29 is 4.79 Å². The van der Waals surface area contributed by atoms with Gasteiger partial charge in [-0.05, 0) is 36.5 Å². The lowest BCUT2D eigenvalue weighted by molar-refractivity contribution is -0.120. The molecule has 0 aliphatic heterocycles. The van der Waals surface area contributed by atoms with E-state index in [0.29, 0.717) is 12.2 Å². The number of carbonyl (C=O) groups is 1. The second kappa shape index (κ2) is 5.00. The van der Waals surface area contributed by atoms with Crippen LogP contribution >= 0.6 is 0 Å². The number of benzene rings is 1. The van der Waals surface area contributed by atoms with Gasteiger partial charge in [0, 0.05) is 31.3 Å². The van der Waals surface area contributed by atoms with Crippen LogP contribution in [0.5, 0.6) is 0 Å². The van der Waals surface area contributed by atoms with Crippen molar-refractivity contribution in [2.24, 2.45) is 7.05 Å². The Hall–Kier alpha value is -1.90. The summed E-state index contributed by atoms with van der Waals surface area (Å²) in [5.74, 6) is 0.482. The van der Waals surface area contributed by atoms with Crippen molar-refractivity contribution in [3.8, 4) is 0 Å². The third-order valence-corrected chi connectivity index (χ3v) is 4.07. The van der Waals surface area contributed by atoms with Gasteiger partial charge in [-0.15, -0.1) is 0 Å². The summed E-state index contributed by atoms with van der Waals surface area (Å²) in [4.78, 5) is 12.4. The van der Waals surface area contributed by atoms with Crippen LogP contribution in [0.15, 0.2) is 36.5 Å². The van der Waals surface area contributed by atoms with Crippen molar-refractivity contribution in [2.75, 3.05) is 0 Å². The molecule has 1 aliphatic carbocycles. The number of Topliss-reactive ketones (excluding diaryl/α,β-unsaturated/α-hetero) is 1. The number of aromatic nitrogens is 2. The summed E-state index contributed by atoms with van der Waals surface area (Å²) in [5, 5.41) is 4.13. The van der Waals surface area contributed by atoms with E-state index >= 15 is 0 Å². The van der Waals surface area contributed by atoms with Crippen molar-refractivity contribution in [1.82, 2.24) is 9.78 Å². The molecule has 1 unspecified atom stereocenters. The van der Waals surface area contributed by atoms with Gasteiger partial charge in [-0.25, -0.2) is 0 Å². The Morgan fingerprint density at radius 2 is 2.21 bits per heavy atom. The van der Waals surface area contributed by atoms with Gasteiger partial charge in [0.05, 0.1) is 0 Å². The van der Waals surface area contributed by atoms with E-state index in [1.165, 1.54) is 11.1 Å². The van der Waals surface area contributed by atoms with Crippen molar-refractivity contribution in [3.05, 3.63) is 53.3 Å². The highest BCUT2D eigenvalue weighted by Crippen LogP contribution is 2.34. The van der Waals surface area contributed by atoms with Crippen molar-refractivity contribution >= 4 is 5.78 Å². The van der Waals surface area contributed by atoms with Crippen molar-refractivity contribution in [1.29, 1.82) is 0 Å². The molecule has 1 aromatic heterocycles. The van der Waals surface area contributed by atoms with Crippen LogP contribution in [0.4, 0.5) is 0 Å². The number of rotatable bonds is 4. The Morgan fingerprint density at radius 1 is 1.37 bits per heavy atom. The maximum atomic E-state index is 12.4. The third kappa shape index (κ3) is 2.33. The molecule has 0 saturated carbocycles. The molecule has 0 radical (unpaired) electrons. The van der Waals surface area contributed by atoms with Crippen LogP contribution in [-0.4, -0.2) is 15.6 Å². The molecule has 0 bridgehead atoms. The van der Waals surface area contributed by atoms with Gasteiger partial charge in [-0.3, -0.25) is 9.48 Å². The zero-order valence-electron chi connectivity index (χ0n) is 11.2. The minimum atomic E-state index is 0.115. The molecular formula is C16H18N2O. The van der Waals surface area contributed by atoms with Gasteiger partial charge >= 0.3 is 0 Å². The first-order valence-electron chi connectivity index (χ1n) is 6.83. The van der Waals surface area contributed by atoms with Crippen molar-refractivity contribution in [2.45, 2.75) is 31.6 Å². The van der Waals surface area contributed by atoms with Gasteiger partial charge in [-0.1, -0.05) is 24.3 Å². The van der Waals surface area contributed by atoms with Gasteiger partial charge in [0.1, 0.15) is 5.78 Å². The second-order valence-electron chi connectivity index (χ2n) is 5.20. The fraction of sp³-hybridized carbons (Fsp3) is 0.375. The Kier molecular flexibility index (Phi) is 3.20. The summed E-state index contributed by atoms with van der Waals surface area (Å²) in [6, 6.07) is 10.3. The average Bonchev–Trinajstić information content (AvgIpc) is 3.02. The molecule has 98 valence electrons. The topological polar surface area (TPSA) is 34.9 Å². The second-order valence-corrected chi connectivity index (χ2v) is 5.20. The number of ketones is 1. The van der Waals surface area contributed by atoms with Gasteiger partial charge in [0.25, 0.3) is 0 Å². The van der Waals surface area contributed by atoms with E-state index in [9.17, 15) is 4.79 Å². The van der Waals surface area contributed by atoms with E-state index in [1.54, 1.807) is 6.20 Å². The molecule has 1 atom stereocenters. The molecular weight excluding hydrogens is 236 g/mol. The maximum Gasteiger partial charge on any atom is 0.140 e. The van der Waals surface area contributed by atoms with Crippen LogP contribution in [0.3, 0.4) is 0 Å². The molecule has 0 amide bonds. The Labute approximate surface area is 113 Å². The standard InChI is InChI=1S/C16H18N2O/c1-18-13(10-11-17-18)7-9-16(19)15-8-6-12-4-2-3-5-14(12)15/h2-5,10-11,15H,6-9H2,1H3. The molecule has 19 heavy (non-hydrogen) atoms. The van der Waals surface area contributed by atoms with E-state index in [2.05, 4.69) is 23.3 Å². The highest BCUT2D eigenvalue weighted by Gasteiger charge is 2.27. The molecule has 0 fully saturated rings. The number of aryl methyl sites for hydroxylation is 3. The largest absolute Gasteiger partial charge is 0.299 e. The highest BCUT2D eigenvalue weighted by molar-refractivity contribution is 5.87. The molecule has 3 rings (SSSR count). The third-order valence-electron chi connectivity index (χ3n) is 4.07. The first-order chi connectivity index (χ1) is 9.25. The number of carbonyl (C=O) groups excluding carboxylic acids is 1. The molecule has 3 nitrogen and oxygen atoms in total. The van der Waals surface area contributed by atoms with Crippen LogP contribution in [0.2, 0.25) is 0 Å². The summed E-state index contributed by atoms with van der Waals surface area (Å²) in [7, 11) is 1.92. The first kappa shape index (κ1) is 12.2. The summed E-state index contributed by atoms with van der Waals surface area (Å²) in [5.41, 5.74) is 3.72. The lowest BCUT2D eigenvalue weighted by Crippen LogP contribution is -2.11. The minimum absolute atomic E-state index is 0.115. The SMILES string of the molecule is Cn1nccc1CCC(=O)C1CCc2ccccc21. The number of nitrogens with zero attached hydrogens (tertiary/aromatic N) is 2. The van der Waals surface area contributed by atoms with Gasteiger partial charge < -0.3 is 0 Å². The highest BCUT2D eigenvalue weighted by atomic mass is 16.1.